The van der Waals surface area contributed by atoms with Crippen molar-refractivity contribution in [2.24, 2.45) is 0 Å². The lowest BCUT2D eigenvalue weighted by atomic mass is 10.0. The fraction of sp³-hybridized carbons (Fsp3) is 0.312. The van der Waals surface area contributed by atoms with Gasteiger partial charge in [0.2, 0.25) is 0 Å². The van der Waals surface area contributed by atoms with Crippen LogP contribution in [0.4, 0.5) is 0 Å². The molecular formula is C16H18N2O4. The van der Waals surface area contributed by atoms with Gasteiger partial charge in [-0.15, -0.1) is 0 Å². The third-order valence-corrected chi connectivity index (χ3v) is 3.36. The second kappa shape index (κ2) is 6.01. The van der Waals surface area contributed by atoms with E-state index in [2.05, 4.69) is 10.5 Å². The predicted molar refractivity (Wildman–Crippen MR) is 79.7 cm³/mol. The van der Waals surface area contributed by atoms with Crippen molar-refractivity contribution < 1.29 is 19.2 Å². The highest BCUT2D eigenvalue weighted by Crippen LogP contribution is 2.19. The van der Waals surface area contributed by atoms with Crippen molar-refractivity contribution in [3.8, 4) is 0 Å². The van der Waals surface area contributed by atoms with Crippen molar-refractivity contribution in [3.05, 3.63) is 51.9 Å². The van der Waals surface area contributed by atoms with Crippen LogP contribution >= 0.6 is 0 Å². The quantitative estimate of drug-likeness (QED) is 0.905. The molecular weight excluding hydrogens is 284 g/mol. The second-order valence-corrected chi connectivity index (χ2v) is 5.36. The maximum Gasteiger partial charge on any atom is 0.330 e. The summed E-state index contributed by atoms with van der Waals surface area (Å²) in [6, 6.07) is 4.32. The number of amides is 1. The van der Waals surface area contributed by atoms with Crippen LogP contribution < -0.4 is 5.32 Å². The molecule has 0 fully saturated rings. The molecule has 1 atom stereocenters. The number of aliphatic carboxylic acids is 1. The molecule has 6 heteroatoms. The van der Waals surface area contributed by atoms with Gasteiger partial charge in [0.05, 0.1) is 5.69 Å². The van der Waals surface area contributed by atoms with Gasteiger partial charge in [0, 0.05) is 0 Å². The number of hydrogen-bond donors (Lipinski definition) is 2. The molecule has 2 rings (SSSR count). The summed E-state index contributed by atoms with van der Waals surface area (Å²) in [6.45, 7) is 7.01. The molecule has 6 nitrogen and oxygen atoms in total. The zero-order chi connectivity index (χ0) is 16.4. The molecule has 0 saturated carbocycles. The number of benzene rings is 1. The molecule has 22 heavy (non-hydrogen) atoms. The molecule has 2 N–H and O–H groups in total. The number of rotatable bonds is 4. The number of carbonyl (C=O) groups excluding carboxylic acids is 1. The average molecular weight is 302 g/mol. The zero-order valence-corrected chi connectivity index (χ0v) is 12.9. The minimum absolute atomic E-state index is 0.274. The van der Waals surface area contributed by atoms with E-state index in [4.69, 9.17) is 4.52 Å². The number of carboxylic acids is 1. The summed E-state index contributed by atoms with van der Waals surface area (Å²) in [5.74, 6) is -1.27. The van der Waals surface area contributed by atoms with Gasteiger partial charge in [0.15, 0.2) is 6.04 Å². The van der Waals surface area contributed by atoms with E-state index in [0.29, 0.717) is 17.0 Å². The second-order valence-electron chi connectivity index (χ2n) is 5.36. The Morgan fingerprint density at radius 1 is 1.14 bits per heavy atom. The molecule has 1 heterocycles. The molecule has 0 aliphatic carbocycles. The van der Waals surface area contributed by atoms with Gasteiger partial charge < -0.3 is 14.9 Å². The van der Waals surface area contributed by atoms with Crippen LogP contribution in [0.1, 0.15) is 44.5 Å². The average Bonchev–Trinajstić information content (AvgIpc) is 2.73. The molecule has 0 spiro atoms. The summed E-state index contributed by atoms with van der Waals surface area (Å²) < 4.78 is 4.94. The topological polar surface area (TPSA) is 92.4 Å². The normalized spacial score (nSPS) is 12.0. The van der Waals surface area contributed by atoms with E-state index < -0.39 is 17.9 Å². The molecule has 1 unspecified atom stereocenters. The first-order valence-corrected chi connectivity index (χ1v) is 6.84. The van der Waals surface area contributed by atoms with Gasteiger partial charge >= 0.3 is 5.97 Å². The van der Waals surface area contributed by atoms with Gasteiger partial charge in [-0.25, -0.2) is 4.79 Å². The van der Waals surface area contributed by atoms with Gasteiger partial charge in [0.1, 0.15) is 11.3 Å². The highest BCUT2D eigenvalue weighted by atomic mass is 16.5. The fourth-order valence-electron chi connectivity index (χ4n) is 2.47. The summed E-state index contributed by atoms with van der Waals surface area (Å²) in [4.78, 5) is 23.9. The first-order chi connectivity index (χ1) is 10.3. The number of hydrogen-bond acceptors (Lipinski definition) is 4. The molecule has 1 aromatic carbocycles. The smallest absolute Gasteiger partial charge is 0.330 e. The SMILES string of the molecule is Cc1cc(C)cc(C(NC(=O)c2c(C)noc2C)C(=O)O)c1. The van der Waals surface area contributed by atoms with Crippen molar-refractivity contribution in [1.29, 1.82) is 0 Å². The Hall–Kier alpha value is -2.63. The summed E-state index contributed by atoms with van der Waals surface area (Å²) >= 11 is 0. The van der Waals surface area contributed by atoms with Crippen molar-refractivity contribution in [3.63, 3.8) is 0 Å². The van der Waals surface area contributed by atoms with Crippen molar-refractivity contribution in [2.45, 2.75) is 33.7 Å². The predicted octanol–water partition coefficient (Wildman–Crippen LogP) is 2.46. The van der Waals surface area contributed by atoms with E-state index in [1.807, 2.05) is 19.9 Å². The van der Waals surface area contributed by atoms with Crippen LogP contribution in [0, 0.1) is 27.7 Å². The highest BCUT2D eigenvalue weighted by molar-refractivity contribution is 5.98. The van der Waals surface area contributed by atoms with Crippen LogP contribution in [0.5, 0.6) is 0 Å². The van der Waals surface area contributed by atoms with E-state index in [1.54, 1.807) is 26.0 Å². The number of carboxylic acid groups (broad SMARTS) is 1. The Labute approximate surface area is 128 Å². The summed E-state index contributed by atoms with van der Waals surface area (Å²) in [5, 5.41) is 15.7. The van der Waals surface area contributed by atoms with Crippen LogP contribution in [-0.4, -0.2) is 22.1 Å². The zero-order valence-electron chi connectivity index (χ0n) is 12.9. The third-order valence-electron chi connectivity index (χ3n) is 3.36. The number of aryl methyl sites for hydroxylation is 4. The molecule has 1 amide bonds. The van der Waals surface area contributed by atoms with Crippen LogP contribution in [0.3, 0.4) is 0 Å². The van der Waals surface area contributed by atoms with E-state index >= 15 is 0 Å². The maximum atomic E-state index is 12.3. The molecule has 1 aromatic heterocycles. The van der Waals surface area contributed by atoms with Gasteiger partial charge in [-0.1, -0.05) is 34.5 Å². The monoisotopic (exact) mass is 302 g/mol. The lowest BCUT2D eigenvalue weighted by molar-refractivity contribution is -0.139. The summed E-state index contributed by atoms with van der Waals surface area (Å²) in [5.41, 5.74) is 3.11. The molecule has 116 valence electrons. The lowest BCUT2D eigenvalue weighted by Crippen LogP contribution is -2.34. The number of carbonyl (C=O) groups is 2. The first-order valence-electron chi connectivity index (χ1n) is 6.84. The summed E-state index contributed by atoms with van der Waals surface area (Å²) in [7, 11) is 0. The number of nitrogens with one attached hydrogen (secondary N) is 1. The Balaban J connectivity index is 2.34. The summed E-state index contributed by atoms with van der Waals surface area (Å²) in [6.07, 6.45) is 0. The Morgan fingerprint density at radius 2 is 1.73 bits per heavy atom. The van der Waals surface area contributed by atoms with Crippen molar-refractivity contribution in [2.75, 3.05) is 0 Å². The van der Waals surface area contributed by atoms with Crippen LogP contribution in [-0.2, 0) is 4.79 Å². The molecule has 0 aliphatic rings. The minimum atomic E-state index is -1.13. The molecule has 0 bridgehead atoms. The molecule has 0 aliphatic heterocycles. The van der Waals surface area contributed by atoms with Gasteiger partial charge in [-0.2, -0.15) is 0 Å². The lowest BCUT2D eigenvalue weighted by Gasteiger charge is -2.16. The minimum Gasteiger partial charge on any atom is -0.479 e. The first kappa shape index (κ1) is 15.8. The standard InChI is InChI=1S/C16H18N2O4/c1-8-5-9(2)7-12(6-8)14(16(20)21)17-15(19)13-10(3)18-22-11(13)4/h5-7,14H,1-4H3,(H,17,19)(H,20,21). The molecule has 0 radical (unpaired) electrons. The highest BCUT2D eigenvalue weighted by Gasteiger charge is 2.26. The number of nitrogens with zero attached hydrogens (tertiary/aromatic N) is 1. The van der Waals surface area contributed by atoms with E-state index in [0.717, 1.165) is 11.1 Å². The maximum absolute atomic E-state index is 12.3. The van der Waals surface area contributed by atoms with Crippen molar-refractivity contribution >= 4 is 11.9 Å². The Kier molecular flexibility index (Phi) is 4.30. The fourth-order valence-corrected chi connectivity index (χ4v) is 2.47. The van der Waals surface area contributed by atoms with E-state index in [-0.39, 0.29) is 5.56 Å². The van der Waals surface area contributed by atoms with Crippen LogP contribution in [0.2, 0.25) is 0 Å². The van der Waals surface area contributed by atoms with E-state index in [1.165, 1.54) is 0 Å². The van der Waals surface area contributed by atoms with E-state index in [9.17, 15) is 14.7 Å². The van der Waals surface area contributed by atoms with Gasteiger partial charge in [-0.05, 0) is 33.3 Å². The van der Waals surface area contributed by atoms with Crippen LogP contribution in [0.15, 0.2) is 22.7 Å². The molecule has 2 aromatic rings. The van der Waals surface area contributed by atoms with Crippen molar-refractivity contribution in [1.82, 2.24) is 10.5 Å². The number of aromatic nitrogens is 1. The Bertz CT molecular complexity index is 694. The van der Waals surface area contributed by atoms with Gasteiger partial charge in [-0.3, -0.25) is 4.79 Å². The third kappa shape index (κ3) is 3.16. The van der Waals surface area contributed by atoms with Crippen LogP contribution in [0.25, 0.3) is 0 Å². The largest absolute Gasteiger partial charge is 0.479 e. The van der Waals surface area contributed by atoms with Gasteiger partial charge in [0.25, 0.3) is 5.91 Å². The molecule has 0 saturated heterocycles. The Morgan fingerprint density at radius 3 is 2.18 bits per heavy atom.